The number of rotatable bonds is 6. The van der Waals surface area contributed by atoms with Crippen LogP contribution in [0.5, 0.6) is 5.75 Å². The summed E-state index contributed by atoms with van der Waals surface area (Å²) >= 11 is 0. The third kappa shape index (κ3) is 5.79. The molecule has 0 spiro atoms. The van der Waals surface area contributed by atoms with Crippen LogP contribution in [0.25, 0.3) is 0 Å². The minimum Gasteiger partial charge on any atom is -0.483 e. The molecule has 0 amide bonds. The molecule has 5 nitrogen and oxygen atoms in total. The number of benzene rings is 2. The summed E-state index contributed by atoms with van der Waals surface area (Å²) in [6.07, 6.45) is -0.628. The fraction of sp³-hybridized carbons (Fsp3) is 0.500. The summed E-state index contributed by atoms with van der Waals surface area (Å²) in [6, 6.07) is 14.4. The zero-order valence-electron chi connectivity index (χ0n) is 19.7. The molecule has 3 rings (SSSR count). The third-order valence-corrected chi connectivity index (χ3v) is 5.45. The van der Waals surface area contributed by atoms with E-state index < -0.39 is 17.8 Å². The van der Waals surface area contributed by atoms with Crippen molar-refractivity contribution in [1.29, 1.82) is 0 Å². The van der Waals surface area contributed by atoms with Gasteiger partial charge in [0.25, 0.3) is 0 Å². The molecule has 1 heterocycles. The van der Waals surface area contributed by atoms with Gasteiger partial charge in [-0.05, 0) is 49.9 Å². The molecule has 0 saturated heterocycles. The number of carbonyl (C=O) groups excluding carboxylic acids is 1. The van der Waals surface area contributed by atoms with Gasteiger partial charge < -0.3 is 19.5 Å². The molecule has 31 heavy (non-hydrogen) atoms. The summed E-state index contributed by atoms with van der Waals surface area (Å²) in [5.41, 5.74) is 3.43. The zero-order valence-corrected chi connectivity index (χ0v) is 19.7. The lowest BCUT2D eigenvalue weighted by atomic mass is 9.87. The molecule has 0 bridgehead atoms. The number of ether oxygens (including phenoxy) is 3. The van der Waals surface area contributed by atoms with Gasteiger partial charge in [-0.1, -0.05) is 50.6 Å². The molecule has 168 valence electrons. The Balaban J connectivity index is 1.81. The van der Waals surface area contributed by atoms with E-state index in [1.807, 2.05) is 52.8 Å². The Bertz CT molecular complexity index is 912. The molecule has 1 N–H and O–H groups in total. The average molecular weight is 426 g/mol. The van der Waals surface area contributed by atoms with Gasteiger partial charge in [0.05, 0.1) is 6.42 Å². The maximum Gasteiger partial charge on any atom is 0.306 e. The maximum absolute atomic E-state index is 12.6. The first-order valence-corrected chi connectivity index (χ1v) is 10.8. The van der Waals surface area contributed by atoms with Crippen molar-refractivity contribution in [2.24, 2.45) is 5.41 Å². The highest BCUT2D eigenvalue weighted by Gasteiger charge is 2.47. The second-order valence-electron chi connectivity index (χ2n) is 10.1. The van der Waals surface area contributed by atoms with Crippen molar-refractivity contribution in [1.82, 2.24) is 0 Å². The first kappa shape index (κ1) is 23.1. The number of hydrogen-bond donors (Lipinski definition) is 1. The maximum atomic E-state index is 12.6. The summed E-state index contributed by atoms with van der Waals surface area (Å²) in [5.74, 6) is 0.509. The Kier molecular flexibility index (Phi) is 6.65. The molecule has 0 aliphatic carbocycles. The van der Waals surface area contributed by atoms with Crippen LogP contribution in [0.4, 0.5) is 5.69 Å². The van der Waals surface area contributed by atoms with Gasteiger partial charge in [0.1, 0.15) is 17.5 Å². The van der Waals surface area contributed by atoms with Crippen molar-refractivity contribution in [3.8, 4) is 5.75 Å². The van der Waals surface area contributed by atoms with Gasteiger partial charge >= 0.3 is 5.97 Å². The molecule has 2 unspecified atom stereocenters. The monoisotopic (exact) mass is 425 g/mol. The van der Waals surface area contributed by atoms with Crippen LogP contribution in [-0.2, 0) is 20.8 Å². The molecule has 0 radical (unpaired) electrons. The number of nitrogens with one attached hydrogen (secondary N) is 1. The molecular formula is C26H35NO4. The standard InChI is InChI=1S/C26H35NO4/c1-17-8-10-18(11-9-17)16-27-19-12-13-21-20(14-19)23(29-7)24(26(5,6)31-21)30-22(28)15-25(2,3)4/h8-14,23-24,27H,15-16H2,1-7H3. The summed E-state index contributed by atoms with van der Waals surface area (Å²) in [5, 5.41) is 3.46. The average Bonchev–Trinajstić information content (AvgIpc) is 2.66. The minimum atomic E-state index is -0.710. The Morgan fingerprint density at radius 2 is 1.81 bits per heavy atom. The summed E-state index contributed by atoms with van der Waals surface area (Å²) in [4.78, 5) is 12.6. The minimum absolute atomic E-state index is 0.149. The van der Waals surface area contributed by atoms with E-state index in [2.05, 4.69) is 36.5 Å². The van der Waals surface area contributed by atoms with Crippen LogP contribution < -0.4 is 10.1 Å². The second-order valence-corrected chi connectivity index (χ2v) is 10.1. The number of hydrogen-bond acceptors (Lipinski definition) is 5. The van der Waals surface area contributed by atoms with E-state index in [9.17, 15) is 4.79 Å². The van der Waals surface area contributed by atoms with Crippen LogP contribution in [0.3, 0.4) is 0 Å². The Labute approximate surface area is 186 Å². The number of aryl methyl sites for hydroxylation is 1. The molecule has 2 aromatic rings. The summed E-state index contributed by atoms with van der Waals surface area (Å²) < 4.78 is 18.0. The molecule has 2 atom stereocenters. The van der Waals surface area contributed by atoms with Gasteiger partial charge in [0.2, 0.25) is 0 Å². The van der Waals surface area contributed by atoms with Crippen LogP contribution in [0.1, 0.15) is 63.8 Å². The van der Waals surface area contributed by atoms with E-state index in [1.165, 1.54) is 11.1 Å². The number of fused-ring (bicyclic) bond motifs is 1. The quantitative estimate of drug-likeness (QED) is 0.592. The summed E-state index contributed by atoms with van der Waals surface area (Å²) in [6.45, 7) is 12.7. The zero-order chi connectivity index (χ0) is 22.8. The van der Waals surface area contributed by atoms with Crippen LogP contribution >= 0.6 is 0 Å². The highest BCUT2D eigenvalue weighted by atomic mass is 16.6. The number of carbonyl (C=O) groups is 1. The Morgan fingerprint density at radius 1 is 1.13 bits per heavy atom. The van der Waals surface area contributed by atoms with Gasteiger partial charge in [-0.2, -0.15) is 0 Å². The van der Waals surface area contributed by atoms with Crippen molar-refractivity contribution in [3.05, 3.63) is 59.2 Å². The Hall–Kier alpha value is -2.53. The lowest BCUT2D eigenvalue weighted by Gasteiger charge is -2.43. The molecule has 0 fully saturated rings. The molecule has 0 saturated carbocycles. The smallest absolute Gasteiger partial charge is 0.306 e. The predicted molar refractivity (Wildman–Crippen MR) is 123 cm³/mol. The lowest BCUT2D eigenvalue weighted by molar-refractivity contribution is -0.182. The predicted octanol–water partition coefficient (Wildman–Crippen LogP) is 5.81. The van der Waals surface area contributed by atoms with Crippen LogP contribution in [0.15, 0.2) is 42.5 Å². The van der Waals surface area contributed by atoms with Crippen molar-refractivity contribution in [2.75, 3.05) is 12.4 Å². The van der Waals surface area contributed by atoms with E-state index in [0.29, 0.717) is 13.0 Å². The number of methoxy groups -OCH3 is 1. The van der Waals surface area contributed by atoms with E-state index in [4.69, 9.17) is 14.2 Å². The number of anilines is 1. The number of esters is 1. The molecule has 1 aliphatic rings. The molecule has 0 aromatic heterocycles. The van der Waals surface area contributed by atoms with Crippen molar-refractivity contribution >= 4 is 11.7 Å². The van der Waals surface area contributed by atoms with Gasteiger partial charge in [-0.15, -0.1) is 0 Å². The van der Waals surface area contributed by atoms with Crippen molar-refractivity contribution in [2.45, 2.75) is 72.3 Å². The molecule has 5 heteroatoms. The van der Waals surface area contributed by atoms with E-state index >= 15 is 0 Å². The highest BCUT2D eigenvalue weighted by molar-refractivity contribution is 5.70. The Morgan fingerprint density at radius 3 is 2.42 bits per heavy atom. The van der Waals surface area contributed by atoms with Crippen LogP contribution in [-0.4, -0.2) is 24.8 Å². The molecular weight excluding hydrogens is 390 g/mol. The van der Waals surface area contributed by atoms with E-state index in [0.717, 1.165) is 17.0 Å². The normalized spacial score (nSPS) is 19.8. The van der Waals surface area contributed by atoms with Crippen LogP contribution in [0.2, 0.25) is 0 Å². The topological polar surface area (TPSA) is 56.8 Å². The lowest BCUT2D eigenvalue weighted by Crippen LogP contribution is -2.51. The third-order valence-electron chi connectivity index (χ3n) is 5.45. The summed E-state index contributed by atoms with van der Waals surface area (Å²) in [7, 11) is 1.65. The molecule has 2 aromatic carbocycles. The fourth-order valence-corrected chi connectivity index (χ4v) is 3.82. The largest absolute Gasteiger partial charge is 0.483 e. The van der Waals surface area contributed by atoms with Crippen molar-refractivity contribution < 1.29 is 19.0 Å². The second kappa shape index (κ2) is 8.91. The molecule has 1 aliphatic heterocycles. The van der Waals surface area contributed by atoms with E-state index in [1.54, 1.807) is 7.11 Å². The van der Waals surface area contributed by atoms with Gasteiger partial charge in [-0.25, -0.2) is 0 Å². The van der Waals surface area contributed by atoms with Gasteiger partial charge in [0.15, 0.2) is 6.10 Å². The van der Waals surface area contributed by atoms with Crippen molar-refractivity contribution in [3.63, 3.8) is 0 Å². The first-order chi connectivity index (χ1) is 14.5. The highest BCUT2D eigenvalue weighted by Crippen LogP contribution is 2.44. The fourth-order valence-electron chi connectivity index (χ4n) is 3.82. The van der Waals surface area contributed by atoms with Gasteiger partial charge in [-0.3, -0.25) is 4.79 Å². The SMILES string of the molecule is COC1c2cc(NCc3ccc(C)cc3)ccc2OC(C)(C)C1OC(=O)CC(C)(C)C. The van der Waals surface area contributed by atoms with E-state index in [-0.39, 0.29) is 11.4 Å². The first-order valence-electron chi connectivity index (χ1n) is 10.8. The van der Waals surface area contributed by atoms with Crippen LogP contribution in [0, 0.1) is 12.3 Å². The van der Waals surface area contributed by atoms with Gasteiger partial charge in [0, 0.05) is 24.9 Å².